The molecule has 21 heavy (non-hydrogen) atoms. The van der Waals surface area contributed by atoms with E-state index in [1.807, 2.05) is 0 Å². The van der Waals surface area contributed by atoms with Gasteiger partial charge in [-0.2, -0.15) is 0 Å². The first-order valence-electron chi connectivity index (χ1n) is 6.56. The molecule has 1 heterocycles. The number of allylic oxidation sites excluding steroid dienone is 1. The number of aromatic hydroxyl groups is 1. The Balaban J connectivity index is 2.11. The lowest BCUT2D eigenvalue weighted by atomic mass is 9.86. The van der Waals surface area contributed by atoms with Crippen LogP contribution in [0.4, 0.5) is 0 Å². The Hall–Kier alpha value is -2.82. The van der Waals surface area contributed by atoms with Gasteiger partial charge in [-0.1, -0.05) is 12.1 Å². The van der Waals surface area contributed by atoms with Crippen LogP contribution in [0.1, 0.15) is 33.2 Å². The van der Waals surface area contributed by atoms with Crippen LogP contribution in [0.2, 0.25) is 0 Å². The molecule has 0 saturated carbocycles. The van der Waals surface area contributed by atoms with Crippen molar-refractivity contribution < 1.29 is 14.7 Å². The molecule has 5 nitrogen and oxygen atoms in total. The van der Waals surface area contributed by atoms with Crippen LogP contribution in [0, 0.1) is 0 Å². The number of fused-ring (bicyclic) bond motifs is 1. The average molecular weight is 282 g/mol. The second-order valence-corrected chi connectivity index (χ2v) is 4.89. The van der Waals surface area contributed by atoms with Crippen molar-refractivity contribution in [3.05, 3.63) is 58.9 Å². The van der Waals surface area contributed by atoms with Crippen molar-refractivity contribution in [1.82, 2.24) is 10.3 Å². The molecule has 106 valence electrons. The Morgan fingerprint density at radius 1 is 1.29 bits per heavy atom. The third kappa shape index (κ3) is 2.23. The van der Waals surface area contributed by atoms with Crippen LogP contribution in [0.15, 0.2) is 36.4 Å². The number of aromatic amines is 1. The third-order valence-electron chi connectivity index (χ3n) is 3.56. The molecule has 0 bridgehead atoms. The predicted octanol–water partition coefficient (Wildman–Crippen LogP) is 1.81. The van der Waals surface area contributed by atoms with E-state index in [-0.39, 0.29) is 17.4 Å². The van der Waals surface area contributed by atoms with Crippen LogP contribution in [0.25, 0.3) is 6.08 Å². The van der Waals surface area contributed by atoms with Gasteiger partial charge in [-0.3, -0.25) is 9.59 Å². The highest BCUT2D eigenvalue weighted by atomic mass is 16.3. The monoisotopic (exact) mass is 282 g/mol. The number of nitrogens with one attached hydrogen (secondary N) is 2. The molecular weight excluding hydrogens is 268 g/mol. The average Bonchev–Trinajstić information content (AvgIpc) is 2.90. The fraction of sp³-hybridized carbons (Fsp3) is 0.125. The Kier molecular flexibility index (Phi) is 3.10. The second-order valence-electron chi connectivity index (χ2n) is 4.89. The molecular formula is C16H14N2O3. The molecule has 1 aliphatic rings. The molecule has 1 aromatic carbocycles. The molecule has 5 heteroatoms. The number of rotatable bonds is 2. The van der Waals surface area contributed by atoms with E-state index >= 15 is 0 Å². The molecule has 1 aliphatic carbocycles. The van der Waals surface area contributed by atoms with Gasteiger partial charge < -0.3 is 15.4 Å². The number of ketones is 1. The zero-order valence-electron chi connectivity index (χ0n) is 11.4. The summed E-state index contributed by atoms with van der Waals surface area (Å²) in [6.45, 7) is 0. The Bertz CT molecular complexity index is 759. The summed E-state index contributed by atoms with van der Waals surface area (Å²) in [4.78, 5) is 27.0. The summed E-state index contributed by atoms with van der Waals surface area (Å²) < 4.78 is 0. The van der Waals surface area contributed by atoms with Gasteiger partial charge in [-0.15, -0.1) is 0 Å². The van der Waals surface area contributed by atoms with E-state index in [0.29, 0.717) is 17.0 Å². The fourth-order valence-electron chi connectivity index (χ4n) is 2.57. The quantitative estimate of drug-likeness (QED) is 0.785. The number of phenols is 1. The zero-order valence-corrected chi connectivity index (χ0v) is 11.4. The summed E-state index contributed by atoms with van der Waals surface area (Å²) in [5.74, 6) is -0.747. The summed E-state index contributed by atoms with van der Waals surface area (Å²) in [5.41, 5.74) is 2.58. The predicted molar refractivity (Wildman–Crippen MR) is 78.2 cm³/mol. The van der Waals surface area contributed by atoms with E-state index in [1.54, 1.807) is 43.5 Å². The lowest BCUT2D eigenvalue weighted by Gasteiger charge is -2.18. The van der Waals surface area contributed by atoms with Gasteiger partial charge in [0.2, 0.25) is 0 Å². The summed E-state index contributed by atoms with van der Waals surface area (Å²) in [6, 6.07) is 8.31. The molecule has 0 fully saturated rings. The number of phenolic OH excluding ortho intramolecular Hbond substituents is 1. The standard InChI is InChI=1S/C16H14N2O3/c1-17-16(21)12-8-10-5-6-13(20)14(15(10)18-12)9-3-2-4-11(19)7-9/h2-8,14,18-19H,1H3,(H,17,21). The molecule has 2 aromatic rings. The van der Waals surface area contributed by atoms with Crippen LogP contribution in [-0.4, -0.2) is 28.8 Å². The Morgan fingerprint density at radius 3 is 2.81 bits per heavy atom. The topological polar surface area (TPSA) is 82.2 Å². The van der Waals surface area contributed by atoms with E-state index in [2.05, 4.69) is 10.3 Å². The maximum Gasteiger partial charge on any atom is 0.267 e. The Morgan fingerprint density at radius 2 is 2.10 bits per heavy atom. The minimum atomic E-state index is -0.532. The molecule has 3 rings (SSSR count). The first kappa shape index (κ1) is 13.2. The Labute approximate surface area is 121 Å². The maximum absolute atomic E-state index is 12.2. The van der Waals surface area contributed by atoms with Crippen LogP contribution in [-0.2, 0) is 4.79 Å². The molecule has 1 unspecified atom stereocenters. The van der Waals surface area contributed by atoms with Gasteiger partial charge in [0.1, 0.15) is 11.4 Å². The van der Waals surface area contributed by atoms with E-state index < -0.39 is 5.92 Å². The van der Waals surface area contributed by atoms with Crippen molar-refractivity contribution in [2.24, 2.45) is 0 Å². The van der Waals surface area contributed by atoms with E-state index in [0.717, 1.165) is 5.56 Å². The molecule has 1 amide bonds. The van der Waals surface area contributed by atoms with Gasteiger partial charge in [-0.25, -0.2) is 0 Å². The van der Waals surface area contributed by atoms with E-state index in [1.165, 1.54) is 6.08 Å². The number of H-pyrrole nitrogens is 1. The van der Waals surface area contributed by atoms with Gasteiger partial charge in [-0.05, 0) is 41.5 Å². The number of amides is 1. The normalized spacial score (nSPS) is 16.6. The second kappa shape index (κ2) is 4.94. The highest BCUT2D eigenvalue weighted by Gasteiger charge is 2.29. The van der Waals surface area contributed by atoms with Crippen LogP contribution in [0.3, 0.4) is 0 Å². The van der Waals surface area contributed by atoms with E-state index in [4.69, 9.17) is 0 Å². The van der Waals surface area contributed by atoms with Crippen molar-refractivity contribution in [2.45, 2.75) is 5.92 Å². The number of hydrogen-bond acceptors (Lipinski definition) is 3. The van der Waals surface area contributed by atoms with Gasteiger partial charge in [0, 0.05) is 12.7 Å². The first-order chi connectivity index (χ1) is 10.1. The molecule has 3 N–H and O–H groups in total. The van der Waals surface area contributed by atoms with Crippen LogP contribution in [0.5, 0.6) is 5.75 Å². The summed E-state index contributed by atoms with van der Waals surface area (Å²) in [5, 5.41) is 12.2. The van der Waals surface area contributed by atoms with Gasteiger partial charge >= 0.3 is 0 Å². The van der Waals surface area contributed by atoms with Crippen molar-refractivity contribution in [1.29, 1.82) is 0 Å². The minimum Gasteiger partial charge on any atom is -0.508 e. The minimum absolute atomic E-state index is 0.0848. The van der Waals surface area contributed by atoms with Crippen molar-refractivity contribution in [3.63, 3.8) is 0 Å². The molecule has 0 radical (unpaired) electrons. The highest BCUT2D eigenvalue weighted by Crippen LogP contribution is 2.34. The highest BCUT2D eigenvalue weighted by molar-refractivity contribution is 6.04. The lowest BCUT2D eigenvalue weighted by molar-refractivity contribution is -0.115. The van der Waals surface area contributed by atoms with Crippen molar-refractivity contribution >= 4 is 17.8 Å². The largest absolute Gasteiger partial charge is 0.508 e. The number of benzene rings is 1. The molecule has 0 spiro atoms. The number of aromatic nitrogens is 1. The van der Waals surface area contributed by atoms with E-state index in [9.17, 15) is 14.7 Å². The van der Waals surface area contributed by atoms with Gasteiger partial charge in [0.05, 0.1) is 5.92 Å². The van der Waals surface area contributed by atoms with Gasteiger partial charge in [0.15, 0.2) is 5.78 Å². The molecule has 1 aromatic heterocycles. The SMILES string of the molecule is CNC(=O)c1cc2c([nH]1)C(c1cccc(O)c1)C(=O)C=C2. The maximum atomic E-state index is 12.2. The van der Waals surface area contributed by atoms with Crippen LogP contribution >= 0.6 is 0 Å². The van der Waals surface area contributed by atoms with Crippen LogP contribution < -0.4 is 5.32 Å². The van der Waals surface area contributed by atoms with Crippen molar-refractivity contribution in [2.75, 3.05) is 7.05 Å². The number of hydrogen-bond donors (Lipinski definition) is 3. The number of carbonyl (C=O) groups is 2. The first-order valence-corrected chi connectivity index (χ1v) is 6.56. The summed E-state index contributed by atoms with van der Waals surface area (Å²) in [7, 11) is 1.55. The smallest absolute Gasteiger partial charge is 0.267 e. The molecule has 0 saturated heterocycles. The fourth-order valence-corrected chi connectivity index (χ4v) is 2.57. The summed E-state index contributed by atoms with van der Waals surface area (Å²) in [6.07, 6.45) is 3.19. The molecule has 0 aliphatic heterocycles. The number of carbonyl (C=O) groups excluding carboxylic acids is 2. The zero-order chi connectivity index (χ0) is 15.0. The third-order valence-corrected chi connectivity index (χ3v) is 3.56. The lowest BCUT2D eigenvalue weighted by Crippen LogP contribution is -2.19. The van der Waals surface area contributed by atoms with Crippen molar-refractivity contribution in [3.8, 4) is 5.75 Å². The molecule has 1 atom stereocenters. The van der Waals surface area contributed by atoms with Gasteiger partial charge in [0.25, 0.3) is 5.91 Å². The summed E-state index contributed by atoms with van der Waals surface area (Å²) >= 11 is 0.